The van der Waals surface area contributed by atoms with E-state index in [1.807, 2.05) is 18.2 Å². The van der Waals surface area contributed by atoms with E-state index in [1.165, 1.54) is 0 Å². The quantitative estimate of drug-likeness (QED) is 0.853. The van der Waals surface area contributed by atoms with Crippen LogP contribution in [0.5, 0.6) is 0 Å². The Morgan fingerprint density at radius 1 is 1.41 bits per heavy atom. The largest absolute Gasteiger partial charge is 0.338 e. The molecule has 1 atom stereocenters. The van der Waals surface area contributed by atoms with E-state index in [9.17, 15) is 13.2 Å². The summed E-state index contributed by atoms with van der Waals surface area (Å²) >= 11 is 6.08. The molecule has 1 saturated heterocycles. The van der Waals surface area contributed by atoms with E-state index < -0.39 is 15.3 Å². The first-order valence-corrected chi connectivity index (χ1v) is 9.01. The molecule has 1 aromatic carbocycles. The molecule has 1 heterocycles. The molecule has 0 radical (unpaired) electrons. The predicted octanol–water partition coefficient (Wildman–Crippen LogP) is 2.02. The number of halogens is 1. The zero-order chi connectivity index (χ0) is 16.3. The van der Waals surface area contributed by atoms with Gasteiger partial charge in [-0.15, -0.1) is 0 Å². The molecule has 2 N–H and O–H groups in total. The van der Waals surface area contributed by atoms with Gasteiger partial charge in [-0.05, 0) is 37.5 Å². The molecule has 7 heteroatoms. The van der Waals surface area contributed by atoms with Crippen molar-refractivity contribution >= 4 is 33.6 Å². The molecule has 0 aromatic heterocycles. The fourth-order valence-electron chi connectivity index (χ4n) is 2.53. The maximum Gasteiger partial charge on any atom is 0.249 e. The lowest BCUT2D eigenvalue weighted by atomic mass is 10.1. The lowest BCUT2D eigenvalue weighted by molar-refractivity contribution is -0.127. The number of amides is 1. The number of nitrogens with zero attached hydrogens (tertiary/aromatic N) is 1. The SMILES string of the molecule is CC(=Cc1ccccc1Cl)C(=O)N1CCCC(S(N)(=O)=O)C1. The highest BCUT2D eigenvalue weighted by atomic mass is 35.5. The molecular formula is C15H19ClN2O3S. The molecule has 2 rings (SSSR count). The number of likely N-dealkylation sites (tertiary alicyclic amines) is 1. The van der Waals surface area contributed by atoms with Crippen LogP contribution in [-0.4, -0.2) is 37.6 Å². The Labute approximate surface area is 135 Å². The lowest BCUT2D eigenvalue weighted by Gasteiger charge is -2.31. The number of primary sulfonamides is 1. The smallest absolute Gasteiger partial charge is 0.249 e. The third-order valence-corrected chi connectivity index (χ3v) is 5.40. The molecule has 1 aliphatic rings. The Hall–Kier alpha value is -1.37. The molecule has 1 aromatic rings. The normalized spacial score (nSPS) is 20.0. The number of carbonyl (C=O) groups excluding carboxylic acids is 1. The van der Waals surface area contributed by atoms with Crippen LogP contribution >= 0.6 is 11.6 Å². The lowest BCUT2D eigenvalue weighted by Crippen LogP contribution is -2.47. The molecule has 5 nitrogen and oxygen atoms in total. The van der Waals surface area contributed by atoms with Crippen LogP contribution in [-0.2, 0) is 14.8 Å². The molecule has 1 fully saturated rings. The Morgan fingerprint density at radius 3 is 2.73 bits per heavy atom. The Morgan fingerprint density at radius 2 is 2.09 bits per heavy atom. The summed E-state index contributed by atoms with van der Waals surface area (Å²) in [7, 11) is -3.62. The first-order chi connectivity index (χ1) is 10.3. The summed E-state index contributed by atoms with van der Waals surface area (Å²) in [4.78, 5) is 14.0. The van der Waals surface area contributed by atoms with Crippen LogP contribution in [0, 0.1) is 0 Å². The van der Waals surface area contributed by atoms with Gasteiger partial charge in [0.1, 0.15) is 0 Å². The summed E-state index contributed by atoms with van der Waals surface area (Å²) in [6, 6.07) is 7.23. The average Bonchev–Trinajstić information content (AvgIpc) is 2.48. The maximum absolute atomic E-state index is 12.5. The number of carbonyl (C=O) groups is 1. The summed E-state index contributed by atoms with van der Waals surface area (Å²) < 4.78 is 22.9. The van der Waals surface area contributed by atoms with E-state index in [-0.39, 0.29) is 12.5 Å². The highest BCUT2D eigenvalue weighted by Crippen LogP contribution is 2.21. The van der Waals surface area contributed by atoms with E-state index in [0.717, 1.165) is 5.56 Å². The highest BCUT2D eigenvalue weighted by Gasteiger charge is 2.30. The topological polar surface area (TPSA) is 80.5 Å². The van der Waals surface area contributed by atoms with Gasteiger partial charge in [-0.2, -0.15) is 0 Å². The van der Waals surface area contributed by atoms with Gasteiger partial charge in [0.25, 0.3) is 0 Å². The van der Waals surface area contributed by atoms with Gasteiger partial charge >= 0.3 is 0 Å². The Bertz CT molecular complexity index is 700. The second-order valence-electron chi connectivity index (χ2n) is 5.45. The molecule has 0 bridgehead atoms. The predicted molar refractivity (Wildman–Crippen MR) is 87.8 cm³/mol. The summed E-state index contributed by atoms with van der Waals surface area (Å²) in [5, 5.41) is 5.08. The van der Waals surface area contributed by atoms with Crippen molar-refractivity contribution in [2.75, 3.05) is 13.1 Å². The first-order valence-electron chi connectivity index (χ1n) is 7.03. The summed E-state index contributed by atoms with van der Waals surface area (Å²) in [6.45, 7) is 2.39. The van der Waals surface area contributed by atoms with Crippen LogP contribution in [0.2, 0.25) is 5.02 Å². The summed E-state index contributed by atoms with van der Waals surface area (Å²) in [5.74, 6) is -0.187. The number of piperidine rings is 1. The van der Waals surface area contributed by atoms with Crippen molar-refractivity contribution in [1.29, 1.82) is 0 Å². The van der Waals surface area contributed by atoms with Gasteiger partial charge < -0.3 is 4.90 Å². The van der Waals surface area contributed by atoms with Crippen LogP contribution in [0.3, 0.4) is 0 Å². The Balaban J connectivity index is 2.15. The number of benzene rings is 1. The van der Waals surface area contributed by atoms with E-state index in [4.69, 9.17) is 16.7 Å². The molecule has 1 amide bonds. The minimum atomic E-state index is -3.62. The van der Waals surface area contributed by atoms with E-state index in [2.05, 4.69) is 0 Å². The van der Waals surface area contributed by atoms with Crippen molar-refractivity contribution in [3.8, 4) is 0 Å². The van der Waals surface area contributed by atoms with Gasteiger partial charge in [0.05, 0.1) is 5.25 Å². The zero-order valence-electron chi connectivity index (χ0n) is 12.3. The minimum Gasteiger partial charge on any atom is -0.338 e. The van der Waals surface area contributed by atoms with Gasteiger partial charge in [-0.1, -0.05) is 29.8 Å². The monoisotopic (exact) mass is 342 g/mol. The number of hydrogen-bond donors (Lipinski definition) is 1. The molecule has 0 aliphatic carbocycles. The van der Waals surface area contributed by atoms with Crippen molar-refractivity contribution in [2.45, 2.75) is 25.0 Å². The van der Waals surface area contributed by atoms with Crippen LogP contribution in [0.4, 0.5) is 0 Å². The standard InChI is InChI=1S/C15H19ClN2O3S/c1-11(9-12-5-2-3-7-14(12)16)15(19)18-8-4-6-13(10-18)22(17,20)21/h2-3,5,7,9,13H,4,6,8,10H2,1H3,(H2,17,20,21). The van der Waals surface area contributed by atoms with Gasteiger partial charge in [-0.3, -0.25) is 4.79 Å². The van der Waals surface area contributed by atoms with Crippen LogP contribution in [0.15, 0.2) is 29.8 Å². The van der Waals surface area contributed by atoms with Crippen molar-refractivity contribution in [2.24, 2.45) is 5.14 Å². The van der Waals surface area contributed by atoms with Crippen LogP contribution < -0.4 is 5.14 Å². The number of hydrogen-bond acceptors (Lipinski definition) is 3. The van der Waals surface area contributed by atoms with Crippen molar-refractivity contribution in [3.63, 3.8) is 0 Å². The molecular weight excluding hydrogens is 324 g/mol. The third kappa shape index (κ3) is 4.09. The molecule has 120 valence electrons. The molecule has 1 aliphatic heterocycles. The third-order valence-electron chi connectivity index (χ3n) is 3.74. The second kappa shape index (κ2) is 6.81. The fourth-order valence-corrected chi connectivity index (χ4v) is 3.60. The number of sulfonamides is 1. The van der Waals surface area contributed by atoms with E-state index in [1.54, 1.807) is 24.0 Å². The molecule has 22 heavy (non-hydrogen) atoms. The minimum absolute atomic E-state index is 0.144. The van der Waals surface area contributed by atoms with Gasteiger partial charge in [-0.25, -0.2) is 13.6 Å². The first kappa shape index (κ1) is 17.0. The van der Waals surface area contributed by atoms with Crippen molar-refractivity contribution in [3.05, 3.63) is 40.4 Å². The summed E-state index contributed by atoms with van der Waals surface area (Å²) in [5.41, 5.74) is 1.28. The van der Waals surface area contributed by atoms with Crippen molar-refractivity contribution in [1.82, 2.24) is 4.90 Å². The number of rotatable bonds is 3. The second-order valence-corrected chi connectivity index (χ2v) is 7.71. The molecule has 1 unspecified atom stereocenters. The van der Waals surface area contributed by atoms with Gasteiger partial charge in [0.2, 0.25) is 15.9 Å². The van der Waals surface area contributed by atoms with Gasteiger partial charge in [0.15, 0.2) is 0 Å². The van der Waals surface area contributed by atoms with E-state index in [0.29, 0.717) is 30.0 Å². The number of nitrogens with two attached hydrogens (primary N) is 1. The average molecular weight is 343 g/mol. The fraction of sp³-hybridized carbons (Fsp3) is 0.400. The van der Waals surface area contributed by atoms with E-state index >= 15 is 0 Å². The highest BCUT2D eigenvalue weighted by molar-refractivity contribution is 7.89. The summed E-state index contributed by atoms with van der Waals surface area (Å²) in [6.07, 6.45) is 2.84. The molecule has 0 saturated carbocycles. The zero-order valence-corrected chi connectivity index (χ0v) is 13.9. The Kier molecular flexibility index (Phi) is 5.26. The van der Waals surface area contributed by atoms with Crippen molar-refractivity contribution < 1.29 is 13.2 Å². The van der Waals surface area contributed by atoms with Gasteiger partial charge in [0, 0.05) is 23.7 Å². The maximum atomic E-state index is 12.5. The molecule has 0 spiro atoms. The van der Waals surface area contributed by atoms with Crippen LogP contribution in [0.25, 0.3) is 6.08 Å². The van der Waals surface area contributed by atoms with Crippen LogP contribution in [0.1, 0.15) is 25.3 Å².